The zero-order valence-corrected chi connectivity index (χ0v) is 35.2. The van der Waals surface area contributed by atoms with Crippen molar-refractivity contribution < 1.29 is 94.6 Å². The molecule has 0 saturated carbocycles. The molecule has 13 nitrogen and oxygen atoms in total. The predicted molar refractivity (Wildman–Crippen MR) is 194 cm³/mol. The van der Waals surface area contributed by atoms with Crippen molar-refractivity contribution >= 4 is 78.1 Å². The number of anilines is 4. The van der Waals surface area contributed by atoms with Crippen molar-refractivity contribution in [2.75, 3.05) is 16.2 Å². The molecular weight excluding hydrogens is 741 g/mol. The number of hydrogen-bond acceptors (Lipinski definition) is 13. The quantitative estimate of drug-likeness (QED) is 0.121. The number of benzene rings is 4. The second-order valence-corrected chi connectivity index (χ2v) is 14.8. The maximum Gasteiger partial charge on any atom is 1.00 e. The predicted octanol–water partition coefficient (Wildman–Crippen LogP) is -0.227. The monoisotopic (exact) mass is 769 g/mol. The zero-order chi connectivity index (χ0) is 36.8. The molecule has 17 heteroatoms. The first-order valence-electron chi connectivity index (χ1n) is 15.3. The smallest absolute Gasteiger partial charge is 0.744 e. The van der Waals surface area contributed by atoms with E-state index in [9.17, 15) is 35.5 Å². The average molecular weight is 770 g/mol. The summed E-state index contributed by atoms with van der Waals surface area (Å²) in [6.07, 6.45) is 2.14. The summed E-state index contributed by atoms with van der Waals surface area (Å²) in [6.45, 7) is 7.41. The number of allylic oxidation sites excluding steroid dienone is 2. The van der Waals surface area contributed by atoms with Crippen LogP contribution in [-0.2, 0) is 20.2 Å². The fraction of sp³-hybridized carbons (Fsp3) is 0.111. The van der Waals surface area contributed by atoms with Crippen molar-refractivity contribution in [3.8, 4) is 0 Å². The number of aryl methyl sites for hydroxylation is 4. The van der Waals surface area contributed by atoms with Gasteiger partial charge in [-0.15, -0.1) is 0 Å². The molecule has 2 aliphatic carbocycles. The second kappa shape index (κ2) is 16.3. The van der Waals surface area contributed by atoms with E-state index in [2.05, 4.69) is 26.4 Å². The third-order valence-electron chi connectivity index (χ3n) is 8.23. The average Bonchev–Trinajstić information content (AvgIpc) is 3.04. The van der Waals surface area contributed by atoms with Gasteiger partial charge in [0, 0.05) is 22.5 Å². The van der Waals surface area contributed by atoms with Crippen LogP contribution in [0.15, 0.2) is 92.8 Å². The molecule has 3 N–H and O–H groups in total. The number of hydrogen-bond donors (Lipinski definition) is 3. The zero-order valence-electron chi connectivity index (χ0n) is 29.6. The largest absolute Gasteiger partial charge is 1.00 e. The summed E-state index contributed by atoms with van der Waals surface area (Å²) in [6, 6.07) is 19.6. The minimum Gasteiger partial charge on any atom is -0.744 e. The Morgan fingerprint density at radius 1 is 0.547 bits per heavy atom. The molecule has 0 radical (unpaired) electrons. The van der Waals surface area contributed by atoms with Gasteiger partial charge >= 0.3 is 59.1 Å². The molecule has 4 aromatic carbocycles. The van der Waals surface area contributed by atoms with Gasteiger partial charge in [-0.05, 0) is 111 Å². The van der Waals surface area contributed by atoms with Gasteiger partial charge in [-0.3, -0.25) is 20.4 Å². The van der Waals surface area contributed by atoms with E-state index in [1.165, 1.54) is 36.4 Å². The van der Waals surface area contributed by atoms with Crippen molar-refractivity contribution in [1.82, 2.24) is 0 Å². The summed E-state index contributed by atoms with van der Waals surface area (Å²) in [5.74, 6) is -1.56. The number of nitrogens with one attached hydrogen (secondary N) is 3. The van der Waals surface area contributed by atoms with Gasteiger partial charge in [0.1, 0.15) is 31.7 Å². The topological polar surface area (TPSA) is 209 Å². The number of Topliss-reactive ketones (excluding diaryl/α,β-unsaturated/α-hetero) is 2. The first-order chi connectivity index (χ1) is 24.0. The van der Waals surface area contributed by atoms with Crippen LogP contribution in [0.25, 0.3) is 12.2 Å². The second-order valence-electron chi connectivity index (χ2n) is 12.1. The molecule has 0 spiro atoms. The van der Waals surface area contributed by atoms with E-state index in [1.54, 1.807) is 12.1 Å². The van der Waals surface area contributed by atoms with Crippen LogP contribution in [0.3, 0.4) is 0 Å². The van der Waals surface area contributed by atoms with Crippen LogP contribution in [-0.4, -0.2) is 48.9 Å². The van der Waals surface area contributed by atoms with Crippen LogP contribution in [0, 0.1) is 27.7 Å². The number of nitrogens with zero attached hydrogens (tertiary/aromatic N) is 2. The van der Waals surface area contributed by atoms with Gasteiger partial charge < -0.3 is 14.4 Å². The third kappa shape index (κ3) is 9.15. The standard InChI is InChI=1S/C36H31N5O8S2.2Na/c1-19-5-11-29(21(3)13-19)38-40-33-31(50(44,45)46)17-23-15-25(7-9-27(23)35(33)42)37-26-8-10-28-24(16-26)18-32(51(47,48)49)34(36(28)43)41-39-30-12-6-20(2)14-22(30)4;;/h5-18,37-39H,1-4H3,(H,44,45,46)(H,47,48,49);;/q;2*+1/p-2/b40-33-,41-34+;;. The Balaban J connectivity index is 0.00000314. The van der Waals surface area contributed by atoms with Crippen LogP contribution in [0.1, 0.15) is 54.1 Å². The molecular formula is C36H29N5Na2O8S2. The van der Waals surface area contributed by atoms with Gasteiger partial charge in [-0.1, -0.05) is 35.4 Å². The molecule has 6 rings (SSSR count). The van der Waals surface area contributed by atoms with E-state index in [1.807, 2.05) is 52.0 Å². The summed E-state index contributed by atoms with van der Waals surface area (Å²) >= 11 is 0. The molecule has 0 bridgehead atoms. The first kappa shape index (κ1) is 42.0. The third-order valence-corrected chi connectivity index (χ3v) is 9.93. The summed E-state index contributed by atoms with van der Waals surface area (Å²) in [5, 5.41) is 11.1. The van der Waals surface area contributed by atoms with E-state index < -0.39 is 53.0 Å². The molecule has 4 aromatic rings. The molecule has 260 valence electrons. The fourth-order valence-electron chi connectivity index (χ4n) is 5.70. The van der Waals surface area contributed by atoms with E-state index in [4.69, 9.17) is 0 Å². The van der Waals surface area contributed by atoms with Crippen molar-refractivity contribution in [2.45, 2.75) is 27.7 Å². The maximum atomic E-state index is 13.4. The number of fused-ring (bicyclic) bond motifs is 2. The fourth-order valence-corrected chi connectivity index (χ4v) is 6.99. The van der Waals surface area contributed by atoms with E-state index in [-0.39, 0.29) is 81.4 Å². The van der Waals surface area contributed by atoms with Gasteiger partial charge in [-0.25, -0.2) is 16.8 Å². The summed E-state index contributed by atoms with van der Waals surface area (Å²) < 4.78 is 73.6. The molecule has 0 amide bonds. The van der Waals surface area contributed by atoms with Crippen molar-refractivity contribution in [3.63, 3.8) is 0 Å². The normalized spacial score (nSPS) is 15.4. The Morgan fingerprint density at radius 2 is 0.925 bits per heavy atom. The van der Waals surface area contributed by atoms with Crippen LogP contribution in [0.4, 0.5) is 22.7 Å². The molecule has 0 aliphatic heterocycles. The van der Waals surface area contributed by atoms with Crippen LogP contribution >= 0.6 is 0 Å². The Hall–Kier alpha value is -3.74. The maximum absolute atomic E-state index is 13.4. The van der Waals surface area contributed by atoms with Crippen LogP contribution in [0.5, 0.6) is 0 Å². The Kier molecular flexibility index (Phi) is 12.9. The summed E-state index contributed by atoms with van der Waals surface area (Å²) in [4.78, 5) is 25.2. The number of hydrazone groups is 2. The molecule has 0 atom stereocenters. The van der Waals surface area contributed by atoms with E-state index in [0.29, 0.717) is 22.7 Å². The van der Waals surface area contributed by atoms with E-state index in [0.717, 1.165) is 34.4 Å². The summed E-state index contributed by atoms with van der Waals surface area (Å²) in [7, 11) is -10.3. The molecule has 53 heavy (non-hydrogen) atoms. The number of rotatable bonds is 8. The van der Waals surface area contributed by atoms with Gasteiger partial charge in [0.2, 0.25) is 11.6 Å². The summed E-state index contributed by atoms with van der Waals surface area (Å²) in [5.41, 5.74) is 10.1. The van der Waals surface area contributed by atoms with Crippen molar-refractivity contribution in [2.24, 2.45) is 10.2 Å². The SMILES string of the molecule is Cc1ccc(N/N=C2/C(=O)c3ccc(Nc4ccc5c(c4)C=C(S(=O)(=O)[O-])/C(=N/Nc4ccc(C)cc4C)C5=O)cc3C=C2S(=O)(=O)[O-])c(C)c1.[Na+].[Na+]. The Labute approximate surface area is 350 Å². The van der Waals surface area contributed by atoms with Gasteiger partial charge in [-0.2, -0.15) is 10.2 Å². The molecule has 0 heterocycles. The van der Waals surface area contributed by atoms with E-state index >= 15 is 0 Å². The van der Waals surface area contributed by atoms with Gasteiger partial charge in [0.05, 0.1) is 21.2 Å². The van der Waals surface area contributed by atoms with Crippen LogP contribution < -0.4 is 75.3 Å². The number of carbonyl (C=O) groups is 2. The minimum atomic E-state index is -5.13. The van der Waals surface area contributed by atoms with Gasteiger partial charge in [0.25, 0.3) is 0 Å². The molecule has 2 aliphatic rings. The number of carbonyl (C=O) groups excluding carboxylic acids is 2. The van der Waals surface area contributed by atoms with Crippen molar-refractivity contribution in [3.05, 3.63) is 127 Å². The first-order valence-corrected chi connectivity index (χ1v) is 18.1. The Bertz CT molecular complexity index is 2370. The van der Waals surface area contributed by atoms with Crippen molar-refractivity contribution in [1.29, 1.82) is 0 Å². The Morgan fingerprint density at radius 3 is 1.26 bits per heavy atom. The molecule has 0 unspecified atom stereocenters. The molecule has 0 saturated heterocycles. The molecule has 0 fully saturated rings. The number of ketones is 2. The van der Waals surface area contributed by atoms with Crippen LogP contribution in [0.2, 0.25) is 0 Å². The van der Waals surface area contributed by atoms with Gasteiger partial charge in [0.15, 0.2) is 0 Å². The molecule has 0 aromatic heterocycles. The minimum absolute atomic E-state index is 0.